The quantitative estimate of drug-likeness (QED) is 0.847. The number of carbonyl (C=O) groups is 2. The van der Waals surface area contributed by atoms with Gasteiger partial charge in [-0.15, -0.1) is 11.3 Å². The Balaban J connectivity index is 2.04. The molecular weight excluding hydrogens is 286 g/mol. The Bertz CT molecular complexity index is 508. The topological polar surface area (TPSA) is 66.4 Å². The summed E-state index contributed by atoms with van der Waals surface area (Å²) in [6, 6.07) is 1.98. The van der Waals surface area contributed by atoms with Crippen LogP contribution in [0, 0.1) is 5.41 Å². The van der Waals surface area contributed by atoms with E-state index in [9.17, 15) is 14.7 Å². The molecule has 1 amide bonds. The number of nitrogens with one attached hydrogen (secondary N) is 1. The molecule has 2 N–H and O–H groups in total. The maximum Gasteiger partial charge on any atom is 0.311 e. The molecule has 1 aromatic heterocycles. The number of carboxylic acids is 1. The van der Waals surface area contributed by atoms with E-state index in [0.717, 1.165) is 12.8 Å². The summed E-state index contributed by atoms with van der Waals surface area (Å²) in [6.07, 6.45) is 5.54. The molecule has 0 bridgehead atoms. The highest BCUT2D eigenvalue weighted by molar-refractivity contribution is 7.14. The van der Waals surface area contributed by atoms with E-state index in [1.807, 2.05) is 19.9 Å². The zero-order valence-corrected chi connectivity index (χ0v) is 13.5. The van der Waals surface area contributed by atoms with Crippen molar-refractivity contribution in [2.24, 2.45) is 5.41 Å². The van der Waals surface area contributed by atoms with Crippen molar-refractivity contribution in [3.05, 3.63) is 21.4 Å². The van der Waals surface area contributed by atoms with Crippen LogP contribution in [0.4, 0.5) is 0 Å². The van der Waals surface area contributed by atoms with Gasteiger partial charge in [-0.2, -0.15) is 0 Å². The first-order valence-electron chi connectivity index (χ1n) is 7.65. The summed E-state index contributed by atoms with van der Waals surface area (Å²) in [4.78, 5) is 25.8. The zero-order chi connectivity index (χ0) is 15.5. The third kappa shape index (κ3) is 3.28. The van der Waals surface area contributed by atoms with Gasteiger partial charge in [-0.1, -0.05) is 13.8 Å². The molecule has 0 saturated heterocycles. The van der Waals surface area contributed by atoms with Gasteiger partial charge in [0.15, 0.2) is 0 Å². The lowest BCUT2D eigenvalue weighted by Crippen LogP contribution is -2.42. The molecule has 0 fully saturated rings. The first-order valence-corrected chi connectivity index (χ1v) is 8.47. The van der Waals surface area contributed by atoms with Crippen LogP contribution in [-0.4, -0.2) is 23.5 Å². The van der Waals surface area contributed by atoms with Crippen LogP contribution in [-0.2, 0) is 17.6 Å². The standard InChI is InChI=1S/C16H23NO3S/c1-3-16(4-2,15(19)20)10-17-14(18)13-9-11-7-5-6-8-12(11)21-13/h9H,3-8,10H2,1-2H3,(H,17,18)(H,19,20). The predicted molar refractivity (Wildman–Crippen MR) is 83.9 cm³/mol. The lowest BCUT2D eigenvalue weighted by atomic mass is 9.82. The van der Waals surface area contributed by atoms with Gasteiger partial charge in [0, 0.05) is 11.4 Å². The lowest BCUT2D eigenvalue weighted by Gasteiger charge is -2.26. The first kappa shape index (κ1) is 16.0. The van der Waals surface area contributed by atoms with Gasteiger partial charge in [0.2, 0.25) is 0 Å². The second kappa shape index (κ2) is 6.60. The predicted octanol–water partition coefficient (Wildman–Crippen LogP) is 3.25. The van der Waals surface area contributed by atoms with E-state index < -0.39 is 11.4 Å². The molecule has 1 aliphatic carbocycles. The van der Waals surface area contributed by atoms with Crippen molar-refractivity contribution < 1.29 is 14.7 Å². The summed E-state index contributed by atoms with van der Waals surface area (Å²) < 4.78 is 0. The number of aryl methyl sites for hydroxylation is 2. The highest BCUT2D eigenvalue weighted by Crippen LogP contribution is 2.30. The Morgan fingerprint density at radius 3 is 2.52 bits per heavy atom. The Hall–Kier alpha value is -1.36. The van der Waals surface area contributed by atoms with Gasteiger partial charge in [0.25, 0.3) is 5.91 Å². The monoisotopic (exact) mass is 309 g/mol. The van der Waals surface area contributed by atoms with E-state index in [2.05, 4.69) is 5.32 Å². The Morgan fingerprint density at radius 2 is 1.95 bits per heavy atom. The molecule has 1 aliphatic rings. The Morgan fingerprint density at radius 1 is 1.29 bits per heavy atom. The van der Waals surface area contributed by atoms with E-state index in [-0.39, 0.29) is 12.5 Å². The third-order valence-corrected chi connectivity index (χ3v) is 5.85. The van der Waals surface area contributed by atoms with Crippen LogP contribution in [0.5, 0.6) is 0 Å². The van der Waals surface area contributed by atoms with Crippen LogP contribution < -0.4 is 5.32 Å². The summed E-state index contributed by atoms with van der Waals surface area (Å²) in [5.74, 6) is -0.972. The average Bonchev–Trinajstić information content (AvgIpc) is 2.92. The number of hydrogen-bond donors (Lipinski definition) is 2. The van der Waals surface area contributed by atoms with Crippen LogP contribution in [0.1, 0.15) is 59.6 Å². The summed E-state index contributed by atoms with van der Waals surface area (Å²) in [7, 11) is 0. The van der Waals surface area contributed by atoms with Gasteiger partial charge >= 0.3 is 5.97 Å². The van der Waals surface area contributed by atoms with Crippen LogP contribution >= 0.6 is 11.3 Å². The number of carboxylic acid groups (broad SMARTS) is 1. The summed E-state index contributed by atoms with van der Waals surface area (Å²) >= 11 is 1.56. The van der Waals surface area contributed by atoms with Crippen LogP contribution in [0.15, 0.2) is 6.07 Å². The van der Waals surface area contributed by atoms with Gasteiger partial charge in [0.05, 0.1) is 10.3 Å². The normalized spacial score (nSPS) is 14.6. The van der Waals surface area contributed by atoms with Crippen molar-refractivity contribution in [2.45, 2.75) is 52.4 Å². The molecule has 116 valence electrons. The molecule has 0 radical (unpaired) electrons. The fourth-order valence-corrected chi connectivity index (χ4v) is 3.99. The molecule has 0 aliphatic heterocycles. The van der Waals surface area contributed by atoms with E-state index in [0.29, 0.717) is 17.7 Å². The van der Waals surface area contributed by atoms with Crippen molar-refractivity contribution >= 4 is 23.2 Å². The maximum atomic E-state index is 12.3. The molecule has 0 saturated carbocycles. The van der Waals surface area contributed by atoms with Crippen LogP contribution in [0.2, 0.25) is 0 Å². The molecule has 0 aromatic carbocycles. The van der Waals surface area contributed by atoms with Gasteiger partial charge in [-0.25, -0.2) is 0 Å². The van der Waals surface area contributed by atoms with E-state index >= 15 is 0 Å². The zero-order valence-electron chi connectivity index (χ0n) is 12.7. The third-order valence-electron chi connectivity index (χ3n) is 4.61. The first-order chi connectivity index (χ1) is 10.0. The molecule has 0 atom stereocenters. The number of fused-ring (bicyclic) bond motifs is 1. The molecule has 0 spiro atoms. The van der Waals surface area contributed by atoms with Crippen molar-refractivity contribution in [3.63, 3.8) is 0 Å². The Kier molecular flexibility index (Phi) is 5.04. The fraction of sp³-hybridized carbons (Fsp3) is 0.625. The van der Waals surface area contributed by atoms with Gasteiger partial charge in [-0.3, -0.25) is 9.59 Å². The van der Waals surface area contributed by atoms with Crippen molar-refractivity contribution in [2.75, 3.05) is 6.54 Å². The van der Waals surface area contributed by atoms with E-state index in [1.54, 1.807) is 11.3 Å². The maximum absolute atomic E-state index is 12.3. The van der Waals surface area contributed by atoms with Crippen molar-refractivity contribution in [1.82, 2.24) is 5.32 Å². The molecule has 4 nitrogen and oxygen atoms in total. The number of carbonyl (C=O) groups excluding carboxylic acids is 1. The number of hydrogen-bond acceptors (Lipinski definition) is 3. The average molecular weight is 309 g/mol. The molecule has 21 heavy (non-hydrogen) atoms. The van der Waals surface area contributed by atoms with Crippen molar-refractivity contribution in [1.29, 1.82) is 0 Å². The molecule has 2 rings (SSSR count). The largest absolute Gasteiger partial charge is 0.481 e. The van der Waals surface area contributed by atoms with Gasteiger partial charge in [0.1, 0.15) is 0 Å². The summed E-state index contributed by atoms with van der Waals surface area (Å²) in [6.45, 7) is 3.90. The van der Waals surface area contributed by atoms with Gasteiger partial charge in [-0.05, 0) is 50.2 Å². The molecule has 1 aromatic rings. The summed E-state index contributed by atoms with van der Waals surface area (Å²) in [5.41, 5.74) is 0.443. The lowest BCUT2D eigenvalue weighted by molar-refractivity contribution is -0.149. The smallest absolute Gasteiger partial charge is 0.311 e. The number of rotatable bonds is 6. The van der Waals surface area contributed by atoms with Crippen LogP contribution in [0.3, 0.4) is 0 Å². The minimum atomic E-state index is -0.855. The second-order valence-electron chi connectivity index (χ2n) is 5.74. The van der Waals surface area contributed by atoms with E-state index in [4.69, 9.17) is 0 Å². The second-order valence-corrected chi connectivity index (χ2v) is 6.88. The molecular formula is C16H23NO3S. The Labute approximate surface area is 129 Å². The summed E-state index contributed by atoms with van der Waals surface area (Å²) in [5, 5.41) is 12.2. The van der Waals surface area contributed by atoms with Crippen molar-refractivity contribution in [3.8, 4) is 0 Å². The van der Waals surface area contributed by atoms with Gasteiger partial charge < -0.3 is 10.4 Å². The minimum absolute atomic E-state index is 0.137. The minimum Gasteiger partial charge on any atom is -0.481 e. The molecule has 5 heteroatoms. The molecule has 1 heterocycles. The number of thiophene rings is 1. The number of aliphatic carboxylic acids is 1. The molecule has 0 unspecified atom stereocenters. The SMILES string of the molecule is CCC(CC)(CNC(=O)c1cc2c(s1)CCCC2)C(=O)O. The highest BCUT2D eigenvalue weighted by atomic mass is 32.1. The van der Waals surface area contributed by atoms with E-state index in [1.165, 1.54) is 23.3 Å². The fourth-order valence-electron chi connectivity index (χ4n) is 2.82. The number of amides is 1. The van der Waals surface area contributed by atoms with Crippen LogP contribution in [0.25, 0.3) is 0 Å². The highest BCUT2D eigenvalue weighted by Gasteiger charge is 2.35.